The van der Waals surface area contributed by atoms with Crippen molar-refractivity contribution in [2.24, 2.45) is 0 Å². The predicted molar refractivity (Wildman–Crippen MR) is 88.0 cm³/mol. The first-order chi connectivity index (χ1) is 9.61. The lowest BCUT2D eigenvalue weighted by atomic mass is 10.2. The number of aromatic nitrogens is 2. The zero-order valence-corrected chi connectivity index (χ0v) is 13.7. The summed E-state index contributed by atoms with van der Waals surface area (Å²) in [5.74, 6) is 1.32. The summed E-state index contributed by atoms with van der Waals surface area (Å²) in [6.07, 6.45) is 2.75. The highest BCUT2D eigenvalue weighted by atomic mass is 79.9. The van der Waals surface area contributed by atoms with E-state index in [2.05, 4.69) is 43.5 Å². The molecule has 0 fully saturated rings. The summed E-state index contributed by atoms with van der Waals surface area (Å²) in [6.45, 7) is 4.91. The third-order valence-corrected chi connectivity index (χ3v) is 3.79. The number of hydrogen-bond donors (Lipinski definition) is 2. The van der Waals surface area contributed by atoms with Gasteiger partial charge in [0.1, 0.15) is 5.82 Å². The van der Waals surface area contributed by atoms with Crippen LogP contribution in [0.15, 0.2) is 28.9 Å². The van der Waals surface area contributed by atoms with Crippen molar-refractivity contribution in [3.63, 3.8) is 0 Å². The molecule has 2 rings (SSSR count). The first-order valence-corrected chi connectivity index (χ1v) is 7.57. The molecule has 1 aromatic heterocycles. The van der Waals surface area contributed by atoms with Gasteiger partial charge < -0.3 is 10.6 Å². The van der Waals surface area contributed by atoms with E-state index in [1.165, 1.54) is 0 Å². The Morgan fingerprint density at radius 3 is 2.90 bits per heavy atom. The standard InChI is InChI=1S/C14H16BrClN4/c1-3-7-17-14-18-8-10(15)13(20-14)19-12-6-4-5-11(16)9(12)2/h4-6,8H,3,7H2,1-2H3,(H2,17,18,19,20). The molecule has 4 nitrogen and oxygen atoms in total. The van der Waals surface area contributed by atoms with Gasteiger partial charge in [-0.1, -0.05) is 24.6 Å². The maximum absolute atomic E-state index is 6.12. The number of nitrogens with one attached hydrogen (secondary N) is 2. The summed E-state index contributed by atoms with van der Waals surface area (Å²) >= 11 is 9.57. The molecule has 6 heteroatoms. The van der Waals surface area contributed by atoms with Crippen LogP contribution in [0.5, 0.6) is 0 Å². The molecule has 0 aliphatic rings. The second-order valence-corrected chi connectivity index (χ2v) is 5.62. The Hall–Kier alpha value is -1.33. The van der Waals surface area contributed by atoms with Crippen molar-refractivity contribution >= 4 is 45.0 Å². The number of rotatable bonds is 5. The van der Waals surface area contributed by atoms with Gasteiger partial charge in [-0.2, -0.15) is 4.98 Å². The van der Waals surface area contributed by atoms with E-state index in [9.17, 15) is 0 Å². The van der Waals surface area contributed by atoms with E-state index < -0.39 is 0 Å². The van der Waals surface area contributed by atoms with E-state index in [0.29, 0.717) is 11.8 Å². The fraction of sp³-hybridized carbons (Fsp3) is 0.286. The topological polar surface area (TPSA) is 49.8 Å². The quantitative estimate of drug-likeness (QED) is 0.811. The molecule has 0 amide bonds. The summed E-state index contributed by atoms with van der Waals surface area (Å²) < 4.78 is 0.805. The minimum absolute atomic E-state index is 0.609. The van der Waals surface area contributed by atoms with E-state index in [1.807, 2.05) is 25.1 Å². The van der Waals surface area contributed by atoms with Crippen molar-refractivity contribution in [1.29, 1.82) is 0 Å². The summed E-state index contributed by atoms with van der Waals surface area (Å²) in [5, 5.41) is 7.17. The van der Waals surface area contributed by atoms with E-state index in [-0.39, 0.29) is 0 Å². The molecule has 106 valence electrons. The number of halogens is 2. The lowest BCUT2D eigenvalue weighted by molar-refractivity contribution is 0.952. The van der Waals surface area contributed by atoms with Crippen LogP contribution in [0.3, 0.4) is 0 Å². The SMILES string of the molecule is CCCNc1ncc(Br)c(Nc2cccc(Cl)c2C)n1. The Bertz CT molecular complexity index is 604. The summed E-state index contributed by atoms with van der Waals surface area (Å²) in [5.41, 5.74) is 1.92. The van der Waals surface area contributed by atoms with Crippen molar-refractivity contribution in [1.82, 2.24) is 9.97 Å². The van der Waals surface area contributed by atoms with Gasteiger partial charge in [-0.15, -0.1) is 0 Å². The Morgan fingerprint density at radius 1 is 1.35 bits per heavy atom. The van der Waals surface area contributed by atoms with E-state index in [4.69, 9.17) is 11.6 Å². The Morgan fingerprint density at radius 2 is 2.15 bits per heavy atom. The first-order valence-electron chi connectivity index (χ1n) is 6.40. The normalized spacial score (nSPS) is 10.4. The Kier molecular flexibility index (Phi) is 5.20. The highest BCUT2D eigenvalue weighted by Crippen LogP contribution is 2.29. The Labute approximate surface area is 132 Å². The molecule has 0 saturated carbocycles. The van der Waals surface area contributed by atoms with Gasteiger partial charge in [-0.3, -0.25) is 0 Å². The fourth-order valence-corrected chi connectivity index (χ4v) is 2.11. The Balaban J connectivity index is 2.26. The molecular formula is C14H16BrClN4. The molecule has 0 aliphatic heterocycles. The van der Waals surface area contributed by atoms with E-state index >= 15 is 0 Å². The van der Waals surface area contributed by atoms with Crippen molar-refractivity contribution in [3.05, 3.63) is 39.5 Å². The number of anilines is 3. The number of benzene rings is 1. The smallest absolute Gasteiger partial charge is 0.224 e. The van der Waals surface area contributed by atoms with Crippen LogP contribution in [0, 0.1) is 6.92 Å². The average Bonchev–Trinajstić information content (AvgIpc) is 2.44. The predicted octanol–water partition coefficient (Wildman–Crippen LogP) is 4.77. The van der Waals surface area contributed by atoms with Crippen LogP contribution < -0.4 is 10.6 Å². The zero-order chi connectivity index (χ0) is 14.5. The van der Waals surface area contributed by atoms with Gasteiger partial charge >= 0.3 is 0 Å². The third-order valence-electron chi connectivity index (χ3n) is 2.80. The molecule has 1 aromatic carbocycles. The lowest BCUT2D eigenvalue weighted by Gasteiger charge is -2.12. The van der Waals surface area contributed by atoms with Crippen LogP contribution in [0.1, 0.15) is 18.9 Å². The molecule has 0 radical (unpaired) electrons. The fourth-order valence-electron chi connectivity index (χ4n) is 1.65. The molecule has 0 saturated heterocycles. The maximum atomic E-state index is 6.12. The van der Waals surface area contributed by atoms with Crippen LogP contribution in [-0.2, 0) is 0 Å². The second-order valence-electron chi connectivity index (χ2n) is 4.35. The van der Waals surface area contributed by atoms with Crippen LogP contribution in [-0.4, -0.2) is 16.5 Å². The molecule has 0 unspecified atom stereocenters. The number of nitrogens with zero attached hydrogens (tertiary/aromatic N) is 2. The van der Waals surface area contributed by atoms with Crippen LogP contribution in [0.2, 0.25) is 5.02 Å². The van der Waals surface area contributed by atoms with Crippen LogP contribution in [0.25, 0.3) is 0 Å². The largest absolute Gasteiger partial charge is 0.354 e. The van der Waals surface area contributed by atoms with Gasteiger partial charge in [0.25, 0.3) is 0 Å². The van der Waals surface area contributed by atoms with Crippen molar-refractivity contribution in [3.8, 4) is 0 Å². The summed E-state index contributed by atoms with van der Waals surface area (Å²) in [4.78, 5) is 8.68. The molecule has 0 atom stereocenters. The molecule has 2 N–H and O–H groups in total. The van der Waals surface area contributed by atoms with Crippen molar-refractivity contribution in [2.45, 2.75) is 20.3 Å². The molecule has 2 aromatic rings. The van der Waals surface area contributed by atoms with Crippen molar-refractivity contribution in [2.75, 3.05) is 17.2 Å². The summed E-state index contributed by atoms with van der Waals surface area (Å²) in [6, 6.07) is 5.74. The zero-order valence-electron chi connectivity index (χ0n) is 11.4. The lowest BCUT2D eigenvalue weighted by Crippen LogP contribution is -2.06. The van der Waals surface area contributed by atoms with Crippen LogP contribution in [0.4, 0.5) is 17.5 Å². The van der Waals surface area contributed by atoms with Gasteiger partial charge in [-0.25, -0.2) is 4.98 Å². The second kappa shape index (κ2) is 6.90. The minimum atomic E-state index is 0.609. The van der Waals surface area contributed by atoms with E-state index in [0.717, 1.165) is 33.7 Å². The van der Waals surface area contributed by atoms with Gasteiger partial charge in [-0.05, 0) is 47.0 Å². The average molecular weight is 356 g/mol. The molecule has 0 spiro atoms. The monoisotopic (exact) mass is 354 g/mol. The van der Waals surface area contributed by atoms with E-state index in [1.54, 1.807) is 6.20 Å². The van der Waals surface area contributed by atoms with Crippen LogP contribution >= 0.6 is 27.5 Å². The molecule has 1 heterocycles. The highest BCUT2D eigenvalue weighted by molar-refractivity contribution is 9.10. The first kappa shape index (κ1) is 15.1. The molecule has 20 heavy (non-hydrogen) atoms. The molecule has 0 aliphatic carbocycles. The molecule has 0 bridgehead atoms. The van der Waals surface area contributed by atoms with Gasteiger partial charge in [0.15, 0.2) is 0 Å². The molecular weight excluding hydrogens is 340 g/mol. The third kappa shape index (κ3) is 3.61. The summed E-state index contributed by atoms with van der Waals surface area (Å²) in [7, 11) is 0. The maximum Gasteiger partial charge on any atom is 0.224 e. The van der Waals surface area contributed by atoms with Gasteiger partial charge in [0.05, 0.1) is 4.47 Å². The van der Waals surface area contributed by atoms with Crippen molar-refractivity contribution < 1.29 is 0 Å². The minimum Gasteiger partial charge on any atom is -0.354 e. The van der Waals surface area contributed by atoms with Gasteiger partial charge in [0.2, 0.25) is 5.95 Å². The van der Waals surface area contributed by atoms with Gasteiger partial charge in [0, 0.05) is 23.5 Å². The highest BCUT2D eigenvalue weighted by Gasteiger charge is 2.08. The number of hydrogen-bond acceptors (Lipinski definition) is 4.